The van der Waals surface area contributed by atoms with Gasteiger partial charge in [0.05, 0.1) is 47.5 Å². The van der Waals surface area contributed by atoms with Gasteiger partial charge in [-0.2, -0.15) is 25.3 Å². The Kier molecular flexibility index (Phi) is 11.8. The van der Waals surface area contributed by atoms with E-state index in [1.165, 1.54) is 4.90 Å². The first kappa shape index (κ1) is 34.2. The molecule has 1 aromatic rings. The quantitative estimate of drug-likeness (QED) is 0.120. The Bertz CT molecular complexity index is 1440. The van der Waals surface area contributed by atoms with Crippen LogP contribution in [0.15, 0.2) is 23.1 Å². The van der Waals surface area contributed by atoms with Crippen molar-refractivity contribution in [2.45, 2.75) is 10.3 Å². The lowest BCUT2D eigenvalue weighted by atomic mass is 10.2. The summed E-state index contributed by atoms with van der Waals surface area (Å²) in [5.41, 5.74) is -2.85. The molecule has 21 heteroatoms. The maximum atomic E-state index is 13.9. The molecule has 1 aliphatic rings. The minimum atomic E-state index is -4.80. The fraction of sp³-hybridized carbons (Fsp3) is 0.684. The minimum absolute atomic E-state index is 0.220. The van der Waals surface area contributed by atoms with Gasteiger partial charge in [-0.1, -0.05) is 0 Å². The van der Waals surface area contributed by atoms with E-state index in [1.54, 1.807) is 4.90 Å². The largest absolute Gasteiger partial charge is 0.366 e. The Labute approximate surface area is 233 Å². The molecule has 1 fully saturated rings. The van der Waals surface area contributed by atoms with Gasteiger partial charge in [-0.15, -0.1) is 0 Å². The predicted octanol–water partition coefficient (Wildman–Crippen LogP) is -1.67. The third kappa shape index (κ3) is 11.5. The molecule has 1 heterocycles. The van der Waals surface area contributed by atoms with Gasteiger partial charge in [0.25, 0.3) is 36.0 Å². The number of sulfone groups is 1. The summed E-state index contributed by atoms with van der Waals surface area (Å²) in [5.74, 6) is 0. The van der Waals surface area contributed by atoms with Gasteiger partial charge in [0.2, 0.25) is 9.84 Å². The molecule has 1 N–H and O–H groups in total. The molecule has 0 amide bonds. The maximum Gasteiger partial charge on any atom is 0.270 e. The van der Waals surface area contributed by atoms with E-state index in [9.17, 15) is 43.8 Å². The number of hydrogen-bond acceptors (Lipinski definition) is 16. The Morgan fingerprint density at radius 3 is 1.90 bits per heavy atom. The highest BCUT2D eigenvalue weighted by Crippen LogP contribution is 2.33. The van der Waals surface area contributed by atoms with Crippen LogP contribution in [0.2, 0.25) is 0 Å². The van der Waals surface area contributed by atoms with Crippen LogP contribution >= 0.6 is 0 Å². The Morgan fingerprint density at radius 2 is 1.45 bits per heavy atom. The van der Waals surface area contributed by atoms with Crippen LogP contribution < -0.4 is 10.2 Å². The number of nitrogens with one attached hydrogen (secondary N) is 1. The van der Waals surface area contributed by atoms with Crippen molar-refractivity contribution in [3.63, 3.8) is 0 Å². The monoisotopic (exact) mass is 652 g/mol. The van der Waals surface area contributed by atoms with Crippen LogP contribution in [0.3, 0.4) is 0 Å². The van der Waals surface area contributed by atoms with E-state index in [0.717, 1.165) is 30.7 Å². The van der Waals surface area contributed by atoms with Crippen molar-refractivity contribution < 1.29 is 51.1 Å². The van der Waals surface area contributed by atoms with E-state index in [2.05, 4.69) is 5.32 Å². The van der Waals surface area contributed by atoms with Crippen molar-refractivity contribution in [3.8, 4) is 0 Å². The average molecular weight is 653 g/mol. The van der Waals surface area contributed by atoms with E-state index in [1.807, 2.05) is 0 Å². The van der Waals surface area contributed by atoms with Crippen LogP contribution in [-0.2, 0) is 52.7 Å². The second-order valence-corrected chi connectivity index (χ2v) is 15.7. The minimum Gasteiger partial charge on any atom is -0.366 e. The van der Waals surface area contributed by atoms with Crippen LogP contribution in [0.4, 0.5) is 11.4 Å². The zero-order chi connectivity index (χ0) is 30.4. The molecule has 2 rings (SSSR count). The highest BCUT2D eigenvalue weighted by Gasteiger charge is 2.37. The van der Waals surface area contributed by atoms with E-state index >= 15 is 0 Å². The summed E-state index contributed by atoms with van der Waals surface area (Å²) in [6, 6.07) is 2.77. The highest BCUT2D eigenvalue weighted by molar-refractivity contribution is 7.93. The molecular weight excluding hydrogens is 620 g/mol. The molecule has 0 radical (unpaired) electrons. The summed E-state index contributed by atoms with van der Waals surface area (Å²) in [6.45, 7) is -0.280. The van der Waals surface area contributed by atoms with Crippen molar-refractivity contribution in [3.05, 3.63) is 28.3 Å². The van der Waals surface area contributed by atoms with Gasteiger partial charge < -0.3 is 10.2 Å². The number of anilines is 1. The second-order valence-electron chi connectivity index (χ2n) is 8.77. The van der Waals surface area contributed by atoms with Crippen molar-refractivity contribution in [2.75, 3.05) is 82.7 Å². The van der Waals surface area contributed by atoms with Gasteiger partial charge in [0.1, 0.15) is 0 Å². The number of nitro groups is 1. The molecule has 17 nitrogen and oxygen atoms in total. The van der Waals surface area contributed by atoms with Crippen LogP contribution in [0.1, 0.15) is 0 Å². The van der Waals surface area contributed by atoms with Crippen molar-refractivity contribution >= 4 is 51.6 Å². The summed E-state index contributed by atoms with van der Waals surface area (Å²) in [7, 11) is -17.0. The Morgan fingerprint density at radius 1 is 0.925 bits per heavy atom. The summed E-state index contributed by atoms with van der Waals surface area (Å²) in [4.78, 5) is 12.8. The first-order chi connectivity index (χ1) is 18.3. The SMILES string of the molecule is CS(=O)(=O)OCCN(CCOS(C)(=O)=O)c1ccc([N+](=O)[O-])cc1S(=O)(=O)[C@H](CN1CCNCC1)OS(C)(=O)=O. The summed E-state index contributed by atoms with van der Waals surface area (Å²) >= 11 is 0. The molecule has 1 aliphatic heterocycles. The lowest BCUT2D eigenvalue weighted by Gasteiger charge is -2.31. The number of nitrogens with zero attached hydrogens (tertiary/aromatic N) is 3. The van der Waals surface area contributed by atoms with Crippen LogP contribution in [-0.4, -0.2) is 127 Å². The van der Waals surface area contributed by atoms with Gasteiger partial charge in [-0.05, 0) is 6.07 Å². The van der Waals surface area contributed by atoms with Crippen LogP contribution in [0.25, 0.3) is 0 Å². The van der Waals surface area contributed by atoms with E-state index in [0.29, 0.717) is 32.4 Å². The number of benzene rings is 1. The normalized spacial score (nSPS) is 16.5. The smallest absolute Gasteiger partial charge is 0.270 e. The number of nitro benzene ring substituents is 1. The van der Waals surface area contributed by atoms with Gasteiger partial charge in [-0.3, -0.25) is 23.4 Å². The van der Waals surface area contributed by atoms with Crippen molar-refractivity contribution in [1.82, 2.24) is 10.2 Å². The molecule has 0 spiro atoms. The Balaban J connectivity index is 2.62. The van der Waals surface area contributed by atoms with Gasteiger partial charge in [0.15, 0.2) is 5.44 Å². The summed E-state index contributed by atoms with van der Waals surface area (Å²) in [6.07, 6.45) is 2.24. The molecule has 0 bridgehead atoms. The average Bonchev–Trinajstić information content (AvgIpc) is 2.80. The zero-order valence-corrected chi connectivity index (χ0v) is 25.2. The first-order valence-electron chi connectivity index (χ1n) is 11.6. The molecule has 40 heavy (non-hydrogen) atoms. The van der Waals surface area contributed by atoms with E-state index < -0.39 is 74.3 Å². The molecule has 0 unspecified atom stereocenters. The number of piperazine rings is 1. The first-order valence-corrected chi connectivity index (χ1v) is 18.6. The standard InChI is InChI=1S/C19H32N4O13S4/c1-37(26,27)34-12-10-22(11-13-35-38(2,28)29)17-5-4-16(23(24)25)14-18(17)40(32,33)19(36-39(3,30)31)15-21-8-6-20-7-9-21/h4-5,14,19-20H,6-13,15H2,1-3H3/t19-/m1/s1. The number of rotatable bonds is 16. The molecule has 0 saturated carbocycles. The lowest BCUT2D eigenvalue weighted by Crippen LogP contribution is -2.48. The summed E-state index contributed by atoms with van der Waals surface area (Å²) in [5, 5.41) is 14.6. The number of non-ortho nitro benzene ring substituents is 1. The fourth-order valence-corrected chi connectivity index (χ4v) is 7.19. The summed E-state index contributed by atoms with van der Waals surface area (Å²) < 4.78 is 112. The van der Waals surface area contributed by atoms with E-state index in [4.69, 9.17) is 12.5 Å². The molecule has 0 aromatic heterocycles. The molecule has 1 aromatic carbocycles. The van der Waals surface area contributed by atoms with Crippen molar-refractivity contribution in [2.24, 2.45) is 0 Å². The number of hydrogen-bond donors (Lipinski definition) is 1. The third-order valence-corrected chi connectivity index (χ3v) is 9.13. The zero-order valence-electron chi connectivity index (χ0n) is 22.0. The van der Waals surface area contributed by atoms with Crippen LogP contribution in [0.5, 0.6) is 0 Å². The van der Waals surface area contributed by atoms with Crippen LogP contribution in [0, 0.1) is 10.1 Å². The van der Waals surface area contributed by atoms with Gasteiger partial charge in [-0.25, -0.2) is 12.6 Å². The Hall–Kier alpha value is -1.98. The molecule has 230 valence electrons. The van der Waals surface area contributed by atoms with Gasteiger partial charge >= 0.3 is 0 Å². The molecule has 1 saturated heterocycles. The highest BCUT2D eigenvalue weighted by atomic mass is 32.2. The van der Waals surface area contributed by atoms with Gasteiger partial charge in [0, 0.05) is 57.9 Å². The lowest BCUT2D eigenvalue weighted by molar-refractivity contribution is -0.385. The van der Waals surface area contributed by atoms with E-state index in [-0.39, 0.29) is 25.3 Å². The fourth-order valence-electron chi connectivity index (χ4n) is 3.68. The molecular formula is C19H32N4O13S4. The third-order valence-electron chi connectivity index (χ3n) is 5.36. The topological polar surface area (TPSA) is 226 Å². The second kappa shape index (κ2) is 13.8. The van der Waals surface area contributed by atoms with Crippen molar-refractivity contribution in [1.29, 1.82) is 0 Å². The molecule has 0 aliphatic carbocycles. The molecule has 1 atom stereocenters. The maximum absolute atomic E-state index is 13.9. The predicted molar refractivity (Wildman–Crippen MR) is 143 cm³/mol.